The molecule has 0 aliphatic heterocycles. The molecule has 0 radical (unpaired) electrons. The van der Waals surface area contributed by atoms with Crippen LogP contribution in [0, 0.1) is 11.7 Å². The highest BCUT2D eigenvalue weighted by molar-refractivity contribution is 6.31. The molecule has 0 aliphatic rings. The van der Waals surface area contributed by atoms with Gasteiger partial charge in [-0.15, -0.1) is 0 Å². The number of hydrogen-bond acceptors (Lipinski definition) is 4. The molecule has 0 aliphatic carbocycles. The molecule has 0 fully saturated rings. The predicted octanol–water partition coefficient (Wildman–Crippen LogP) is 4.00. The molecule has 0 saturated carbocycles. The van der Waals surface area contributed by atoms with Crippen molar-refractivity contribution in [2.24, 2.45) is 16.6 Å². The Hall–Kier alpha value is -1.88. The first kappa shape index (κ1) is 18.2. The fourth-order valence-corrected chi connectivity index (χ4v) is 1.71. The zero-order valence-electron chi connectivity index (χ0n) is 13.1. The number of rotatable bonds is 4. The highest BCUT2D eigenvalue weighted by Gasteiger charge is 2.23. The van der Waals surface area contributed by atoms with Crippen molar-refractivity contribution < 1.29 is 13.9 Å². The molecule has 22 heavy (non-hydrogen) atoms. The van der Waals surface area contributed by atoms with E-state index in [1.807, 2.05) is 0 Å². The standard InChI is InChI=1S/C16H20ClFN2O2/c1-10(15(21)22-16(2,3)4)11(8-19)9-20-12-5-6-14(18)13(17)7-12/h5-10H,19H2,1-4H3/b11-8+,20-9?. The van der Waals surface area contributed by atoms with Crippen LogP contribution in [0.3, 0.4) is 0 Å². The fraction of sp³-hybridized carbons (Fsp3) is 0.375. The number of hydrogen-bond donors (Lipinski definition) is 1. The van der Waals surface area contributed by atoms with E-state index in [1.54, 1.807) is 27.7 Å². The Morgan fingerprint density at radius 1 is 1.45 bits per heavy atom. The van der Waals surface area contributed by atoms with E-state index < -0.39 is 23.3 Å². The van der Waals surface area contributed by atoms with E-state index in [-0.39, 0.29) is 5.02 Å². The van der Waals surface area contributed by atoms with Gasteiger partial charge in [-0.2, -0.15) is 0 Å². The van der Waals surface area contributed by atoms with Crippen LogP contribution in [0.4, 0.5) is 10.1 Å². The van der Waals surface area contributed by atoms with E-state index in [0.717, 1.165) is 0 Å². The predicted molar refractivity (Wildman–Crippen MR) is 86.8 cm³/mol. The van der Waals surface area contributed by atoms with E-state index in [0.29, 0.717) is 11.3 Å². The Balaban J connectivity index is 2.86. The van der Waals surface area contributed by atoms with Crippen LogP contribution in [-0.2, 0) is 9.53 Å². The van der Waals surface area contributed by atoms with Crippen molar-refractivity contribution in [1.82, 2.24) is 0 Å². The molecule has 1 atom stereocenters. The summed E-state index contributed by atoms with van der Waals surface area (Å²) in [5.74, 6) is -1.48. The lowest BCUT2D eigenvalue weighted by molar-refractivity contribution is -0.157. The quantitative estimate of drug-likeness (QED) is 0.671. The van der Waals surface area contributed by atoms with E-state index in [4.69, 9.17) is 22.1 Å². The zero-order valence-corrected chi connectivity index (χ0v) is 13.8. The molecular weight excluding hydrogens is 307 g/mol. The minimum absolute atomic E-state index is 0.0203. The van der Waals surface area contributed by atoms with E-state index in [1.165, 1.54) is 30.6 Å². The lowest BCUT2D eigenvalue weighted by atomic mass is 10.0. The summed E-state index contributed by atoms with van der Waals surface area (Å²) < 4.78 is 18.4. The Labute approximate surface area is 134 Å². The van der Waals surface area contributed by atoms with Crippen molar-refractivity contribution in [3.05, 3.63) is 40.8 Å². The van der Waals surface area contributed by atoms with Gasteiger partial charge in [-0.25, -0.2) is 4.39 Å². The Morgan fingerprint density at radius 3 is 2.59 bits per heavy atom. The average molecular weight is 327 g/mol. The molecule has 4 nitrogen and oxygen atoms in total. The molecule has 1 aromatic rings. The van der Waals surface area contributed by atoms with Crippen molar-refractivity contribution in [1.29, 1.82) is 0 Å². The van der Waals surface area contributed by atoms with Crippen LogP contribution in [0.1, 0.15) is 27.7 Å². The van der Waals surface area contributed by atoms with Crippen LogP contribution in [0.5, 0.6) is 0 Å². The third-order valence-corrected chi connectivity index (χ3v) is 3.01. The lowest BCUT2D eigenvalue weighted by Crippen LogP contribution is -2.28. The van der Waals surface area contributed by atoms with Crippen molar-refractivity contribution in [3.63, 3.8) is 0 Å². The minimum Gasteiger partial charge on any atom is -0.460 e. The smallest absolute Gasteiger partial charge is 0.313 e. The fourth-order valence-electron chi connectivity index (χ4n) is 1.54. The summed E-state index contributed by atoms with van der Waals surface area (Å²) in [6.07, 6.45) is 2.74. The number of carbonyl (C=O) groups is 1. The lowest BCUT2D eigenvalue weighted by Gasteiger charge is -2.22. The second-order valence-corrected chi connectivity index (χ2v) is 6.19. The first-order valence-electron chi connectivity index (χ1n) is 6.78. The summed E-state index contributed by atoms with van der Waals surface area (Å²) in [4.78, 5) is 16.2. The molecule has 120 valence electrons. The second-order valence-electron chi connectivity index (χ2n) is 5.78. The SMILES string of the molecule is CC(C(=O)OC(C)(C)C)/C(C=Nc1ccc(F)c(Cl)c1)=C/N. The Morgan fingerprint density at radius 2 is 2.09 bits per heavy atom. The molecule has 0 bridgehead atoms. The van der Waals surface area contributed by atoms with Crippen LogP contribution in [0.2, 0.25) is 5.02 Å². The topological polar surface area (TPSA) is 64.7 Å². The van der Waals surface area contributed by atoms with E-state index >= 15 is 0 Å². The number of esters is 1. The van der Waals surface area contributed by atoms with Gasteiger partial charge < -0.3 is 10.5 Å². The first-order valence-corrected chi connectivity index (χ1v) is 7.15. The van der Waals surface area contributed by atoms with Crippen LogP contribution < -0.4 is 5.73 Å². The van der Waals surface area contributed by atoms with Gasteiger partial charge in [0.15, 0.2) is 0 Å². The van der Waals surface area contributed by atoms with Gasteiger partial charge in [0.2, 0.25) is 0 Å². The summed E-state index contributed by atoms with van der Waals surface area (Å²) in [5, 5.41) is -0.0203. The largest absolute Gasteiger partial charge is 0.460 e. The number of ether oxygens (including phenoxy) is 1. The van der Waals surface area contributed by atoms with Crippen LogP contribution in [0.15, 0.2) is 35.0 Å². The van der Waals surface area contributed by atoms with Crippen molar-refractivity contribution in [2.75, 3.05) is 0 Å². The number of nitrogens with zero attached hydrogens (tertiary/aromatic N) is 1. The average Bonchev–Trinajstić information content (AvgIpc) is 2.41. The third-order valence-electron chi connectivity index (χ3n) is 2.72. The van der Waals surface area contributed by atoms with Crippen molar-refractivity contribution in [2.45, 2.75) is 33.3 Å². The van der Waals surface area contributed by atoms with Crippen molar-refractivity contribution in [3.8, 4) is 0 Å². The van der Waals surface area contributed by atoms with Gasteiger partial charge in [0.25, 0.3) is 0 Å². The highest BCUT2D eigenvalue weighted by Crippen LogP contribution is 2.22. The van der Waals surface area contributed by atoms with Gasteiger partial charge in [-0.05, 0) is 57.7 Å². The van der Waals surface area contributed by atoms with Gasteiger partial charge in [0.05, 0.1) is 16.6 Å². The summed E-state index contributed by atoms with van der Waals surface area (Å²) in [5.41, 5.74) is 5.92. The molecule has 1 rings (SSSR count). The normalized spacial score (nSPS) is 14.2. The molecule has 1 aromatic carbocycles. The van der Waals surface area contributed by atoms with E-state index in [2.05, 4.69) is 4.99 Å². The van der Waals surface area contributed by atoms with Gasteiger partial charge >= 0.3 is 5.97 Å². The summed E-state index contributed by atoms with van der Waals surface area (Å²) >= 11 is 5.69. The number of nitrogens with two attached hydrogens (primary N) is 1. The van der Waals surface area contributed by atoms with E-state index in [9.17, 15) is 9.18 Å². The molecule has 1 unspecified atom stereocenters. The molecular formula is C16H20ClFN2O2. The molecule has 0 spiro atoms. The summed E-state index contributed by atoms with van der Waals surface area (Å²) in [7, 11) is 0. The maximum absolute atomic E-state index is 13.1. The molecule has 0 saturated heterocycles. The maximum atomic E-state index is 13.1. The maximum Gasteiger partial charge on any atom is 0.313 e. The van der Waals surface area contributed by atoms with Crippen molar-refractivity contribution >= 4 is 29.5 Å². The molecule has 0 heterocycles. The Bertz CT molecular complexity index is 607. The van der Waals surface area contributed by atoms with Crippen LogP contribution in [0.25, 0.3) is 0 Å². The third kappa shape index (κ3) is 5.48. The minimum atomic E-state index is -0.577. The number of aliphatic imine (C=N–C) groups is 1. The molecule has 0 amide bonds. The second kappa shape index (κ2) is 7.40. The number of benzene rings is 1. The molecule has 6 heteroatoms. The molecule has 2 N–H and O–H groups in total. The summed E-state index contributed by atoms with van der Waals surface area (Å²) in [6.45, 7) is 7.05. The van der Waals surface area contributed by atoms with Crippen LogP contribution in [-0.4, -0.2) is 17.8 Å². The molecule has 0 aromatic heterocycles. The monoisotopic (exact) mass is 326 g/mol. The van der Waals surface area contributed by atoms with Gasteiger partial charge in [-0.3, -0.25) is 9.79 Å². The highest BCUT2D eigenvalue weighted by atomic mass is 35.5. The first-order chi connectivity index (χ1) is 10.1. The Kier molecular flexibility index (Phi) is 6.11. The number of halogens is 2. The van der Waals surface area contributed by atoms with Gasteiger partial charge in [-0.1, -0.05) is 11.6 Å². The zero-order chi connectivity index (χ0) is 16.9. The van der Waals surface area contributed by atoms with Gasteiger partial charge in [0, 0.05) is 6.21 Å². The van der Waals surface area contributed by atoms with Gasteiger partial charge in [0.1, 0.15) is 11.4 Å². The van der Waals surface area contributed by atoms with Crippen LogP contribution >= 0.6 is 11.6 Å². The summed E-state index contributed by atoms with van der Waals surface area (Å²) in [6, 6.07) is 4.09. The number of carbonyl (C=O) groups excluding carboxylic acids is 1.